The minimum Gasteiger partial charge on any atom is -0.396 e. The van der Waals surface area contributed by atoms with E-state index in [-0.39, 0.29) is 0 Å². The second-order valence-electron chi connectivity index (χ2n) is 5.82. The van der Waals surface area contributed by atoms with Gasteiger partial charge in [0, 0.05) is 6.61 Å². The highest BCUT2D eigenvalue weighted by molar-refractivity contribution is 4.94. The summed E-state index contributed by atoms with van der Waals surface area (Å²) >= 11 is 0. The highest BCUT2D eigenvalue weighted by atomic mass is 16.3. The molecular formula is C12H22O. The minimum absolute atomic E-state index is 0.319. The van der Waals surface area contributed by atoms with Crippen LogP contribution < -0.4 is 0 Å². The molecule has 2 atom stereocenters. The van der Waals surface area contributed by atoms with Crippen LogP contribution in [0.15, 0.2) is 0 Å². The van der Waals surface area contributed by atoms with E-state index in [2.05, 4.69) is 13.8 Å². The van der Waals surface area contributed by atoms with Crippen LogP contribution in [0.3, 0.4) is 0 Å². The van der Waals surface area contributed by atoms with E-state index in [1.807, 2.05) is 0 Å². The van der Waals surface area contributed by atoms with Crippen LogP contribution in [-0.2, 0) is 0 Å². The van der Waals surface area contributed by atoms with Crippen LogP contribution in [0.5, 0.6) is 0 Å². The first-order chi connectivity index (χ1) is 6.13. The van der Waals surface area contributed by atoms with Crippen molar-refractivity contribution in [3.05, 3.63) is 0 Å². The van der Waals surface area contributed by atoms with Crippen molar-refractivity contribution in [1.82, 2.24) is 0 Å². The molecule has 76 valence electrons. The van der Waals surface area contributed by atoms with Gasteiger partial charge >= 0.3 is 0 Å². The Hall–Kier alpha value is -0.0400. The molecule has 2 bridgehead atoms. The molecule has 1 nitrogen and oxygen atoms in total. The van der Waals surface area contributed by atoms with Crippen molar-refractivity contribution in [2.24, 2.45) is 23.2 Å². The molecule has 2 aliphatic carbocycles. The van der Waals surface area contributed by atoms with Crippen LogP contribution in [0.2, 0.25) is 0 Å². The van der Waals surface area contributed by atoms with Gasteiger partial charge < -0.3 is 5.11 Å². The predicted molar refractivity (Wildman–Crippen MR) is 54.4 cm³/mol. The van der Waals surface area contributed by atoms with E-state index in [1.54, 1.807) is 0 Å². The van der Waals surface area contributed by atoms with Crippen molar-refractivity contribution in [2.45, 2.75) is 46.0 Å². The number of hydrogen-bond acceptors (Lipinski definition) is 1. The molecule has 0 aromatic carbocycles. The molecule has 1 N–H and O–H groups in total. The smallest absolute Gasteiger partial charge is 0.0487 e. The van der Waals surface area contributed by atoms with E-state index in [9.17, 15) is 5.11 Å². The fourth-order valence-electron chi connectivity index (χ4n) is 4.10. The van der Waals surface area contributed by atoms with Crippen LogP contribution in [0.1, 0.15) is 46.0 Å². The Morgan fingerprint density at radius 3 is 2.08 bits per heavy atom. The van der Waals surface area contributed by atoms with E-state index in [4.69, 9.17) is 0 Å². The molecule has 2 fully saturated rings. The molecule has 0 aliphatic heterocycles. The van der Waals surface area contributed by atoms with Crippen LogP contribution in [-0.4, -0.2) is 11.7 Å². The molecule has 2 aliphatic rings. The van der Waals surface area contributed by atoms with Crippen LogP contribution >= 0.6 is 0 Å². The lowest BCUT2D eigenvalue weighted by Crippen LogP contribution is -2.41. The van der Waals surface area contributed by atoms with Gasteiger partial charge in [-0.25, -0.2) is 0 Å². The topological polar surface area (TPSA) is 20.2 Å². The van der Waals surface area contributed by atoms with Gasteiger partial charge in [0.25, 0.3) is 0 Å². The number of aliphatic hydroxyl groups is 1. The SMILES string of the molecule is CC1CC2CC(C)CC(CO)(C1)C2. The van der Waals surface area contributed by atoms with Gasteiger partial charge in [0.2, 0.25) is 0 Å². The van der Waals surface area contributed by atoms with Gasteiger partial charge in [-0.2, -0.15) is 0 Å². The zero-order valence-electron chi connectivity index (χ0n) is 8.92. The lowest BCUT2D eigenvalue weighted by Gasteiger charge is -2.49. The van der Waals surface area contributed by atoms with Crippen molar-refractivity contribution >= 4 is 0 Å². The largest absolute Gasteiger partial charge is 0.396 e. The molecule has 0 heterocycles. The molecule has 0 saturated heterocycles. The Balaban J connectivity index is 2.13. The number of aliphatic hydroxyl groups excluding tert-OH is 1. The third-order valence-corrected chi connectivity index (χ3v) is 4.09. The monoisotopic (exact) mass is 182 g/mol. The molecule has 2 unspecified atom stereocenters. The van der Waals surface area contributed by atoms with Crippen LogP contribution in [0, 0.1) is 23.2 Å². The molecule has 0 amide bonds. The third kappa shape index (κ3) is 1.76. The molecule has 2 rings (SSSR count). The Labute approximate surface area is 81.5 Å². The maximum absolute atomic E-state index is 9.53. The van der Waals surface area contributed by atoms with Crippen molar-refractivity contribution < 1.29 is 5.11 Å². The molecular weight excluding hydrogens is 160 g/mol. The fraction of sp³-hybridized carbons (Fsp3) is 1.00. The summed E-state index contributed by atoms with van der Waals surface area (Å²) < 4.78 is 0. The molecule has 0 radical (unpaired) electrons. The normalized spacial score (nSPS) is 50.5. The molecule has 1 heteroatoms. The highest BCUT2D eigenvalue weighted by Crippen LogP contribution is 2.52. The van der Waals surface area contributed by atoms with Gasteiger partial charge in [0.1, 0.15) is 0 Å². The maximum Gasteiger partial charge on any atom is 0.0487 e. The third-order valence-electron chi connectivity index (χ3n) is 4.09. The first-order valence-electron chi connectivity index (χ1n) is 5.74. The first kappa shape index (κ1) is 9.51. The summed E-state index contributed by atoms with van der Waals surface area (Å²) in [4.78, 5) is 0. The van der Waals surface area contributed by atoms with Crippen LogP contribution in [0.4, 0.5) is 0 Å². The van der Waals surface area contributed by atoms with E-state index in [1.165, 1.54) is 32.1 Å². The van der Waals surface area contributed by atoms with E-state index in [0.717, 1.165) is 17.8 Å². The quantitative estimate of drug-likeness (QED) is 0.661. The van der Waals surface area contributed by atoms with Crippen molar-refractivity contribution in [3.63, 3.8) is 0 Å². The van der Waals surface area contributed by atoms with Gasteiger partial charge in [-0.15, -0.1) is 0 Å². The lowest BCUT2D eigenvalue weighted by atomic mass is 9.57. The summed E-state index contributed by atoms with van der Waals surface area (Å²) in [6, 6.07) is 0. The second-order valence-corrected chi connectivity index (χ2v) is 5.82. The van der Waals surface area contributed by atoms with E-state index in [0.29, 0.717) is 12.0 Å². The number of fused-ring (bicyclic) bond motifs is 2. The summed E-state index contributed by atoms with van der Waals surface area (Å²) in [5.74, 6) is 2.61. The maximum atomic E-state index is 9.53. The average Bonchev–Trinajstić information content (AvgIpc) is 2.01. The number of rotatable bonds is 1. The van der Waals surface area contributed by atoms with Crippen molar-refractivity contribution in [3.8, 4) is 0 Å². The summed E-state index contributed by atoms with van der Waals surface area (Å²) in [5.41, 5.74) is 0.319. The lowest BCUT2D eigenvalue weighted by molar-refractivity contribution is -0.0240. The molecule has 0 aromatic rings. The Bertz CT molecular complexity index is 168. The average molecular weight is 182 g/mol. The summed E-state index contributed by atoms with van der Waals surface area (Å²) in [6.07, 6.45) is 6.66. The minimum atomic E-state index is 0.319. The summed E-state index contributed by atoms with van der Waals surface area (Å²) in [6.45, 7) is 5.14. The number of hydrogen-bond donors (Lipinski definition) is 1. The molecule has 13 heavy (non-hydrogen) atoms. The standard InChI is InChI=1S/C12H22O/c1-9-3-11-4-10(2)6-12(5-9,7-11)8-13/h9-11,13H,3-8H2,1-2H3. The summed E-state index contributed by atoms with van der Waals surface area (Å²) in [7, 11) is 0. The van der Waals surface area contributed by atoms with E-state index >= 15 is 0 Å². The molecule has 0 spiro atoms. The van der Waals surface area contributed by atoms with Crippen LogP contribution in [0.25, 0.3) is 0 Å². The molecule has 0 aromatic heterocycles. The van der Waals surface area contributed by atoms with Gasteiger partial charge in [-0.1, -0.05) is 13.8 Å². The zero-order chi connectivity index (χ0) is 9.47. The summed E-state index contributed by atoms with van der Waals surface area (Å²) in [5, 5.41) is 9.53. The first-order valence-corrected chi connectivity index (χ1v) is 5.74. The second kappa shape index (κ2) is 3.27. The van der Waals surface area contributed by atoms with E-state index < -0.39 is 0 Å². The van der Waals surface area contributed by atoms with Crippen molar-refractivity contribution in [1.29, 1.82) is 0 Å². The van der Waals surface area contributed by atoms with Gasteiger partial charge in [0.05, 0.1) is 0 Å². The predicted octanol–water partition coefficient (Wildman–Crippen LogP) is 2.83. The zero-order valence-corrected chi connectivity index (χ0v) is 8.92. The van der Waals surface area contributed by atoms with Gasteiger partial charge in [-0.3, -0.25) is 0 Å². The fourth-order valence-corrected chi connectivity index (χ4v) is 4.10. The van der Waals surface area contributed by atoms with Gasteiger partial charge in [-0.05, 0) is 55.3 Å². The highest BCUT2D eigenvalue weighted by Gasteiger charge is 2.43. The Kier molecular flexibility index (Phi) is 2.39. The van der Waals surface area contributed by atoms with Gasteiger partial charge in [0.15, 0.2) is 0 Å². The van der Waals surface area contributed by atoms with Crippen molar-refractivity contribution in [2.75, 3.05) is 6.61 Å². The Morgan fingerprint density at radius 2 is 1.62 bits per heavy atom. The Morgan fingerprint density at radius 1 is 1.08 bits per heavy atom. The molecule has 2 saturated carbocycles.